The first-order valence-electron chi connectivity index (χ1n) is 9.92. The average Bonchev–Trinajstić information content (AvgIpc) is 2.68. The number of hydrogen-bond acceptors (Lipinski definition) is 3. The van der Waals surface area contributed by atoms with Gasteiger partial charge in [0.2, 0.25) is 11.8 Å². The summed E-state index contributed by atoms with van der Waals surface area (Å²) >= 11 is 0. The zero-order chi connectivity index (χ0) is 18.6. The summed E-state index contributed by atoms with van der Waals surface area (Å²) in [5.74, 6) is 0.799. The normalized spacial score (nSPS) is 27.8. The highest BCUT2D eigenvalue weighted by Crippen LogP contribution is 2.38. The largest absolute Gasteiger partial charge is 0.356 e. The summed E-state index contributed by atoms with van der Waals surface area (Å²) in [6, 6.07) is 1.47. The van der Waals surface area contributed by atoms with E-state index in [1.54, 1.807) is 0 Å². The predicted molar refractivity (Wildman–Crippen MR) is 101 cm³/mol. The number of hydrogen-bond donors (Lipinski definition) is 2. The maximum absolute atomic E-state index is 12.2. The van der Waals surface area contributed by atoms with Crippen LogP contribution in [0.5, 0.6) is 0 Å². The van der Waals surface area contributed by atoms with Crippen LogP contribution in [0, 0.1) is 11.3 Å². The zero-order valence-corrected chi connectivity index (χ0v) is 16.7. The lowest BCUT2D eigenvalue weighted by Crippen LogP contribution is -2.41. The highest BCUT2D eigenvalue weighted by atomic mass is 16.2. The number of carbonyl (C=O) groups is 2. The van der Waals surface area contributed by atoms with Crippen LogP contribution in [0.2, 0.25) is 0 Å². The number of carbonyl (C=O) groups excluding carboxylic acids is 2. The first kappa shape index (κ1) is 20.2. The summed E-state index contributed by atoms with van der Waals surface area (Å²) in [4.78, 5) is 26.6. The fourth-order valence-electron chi connectivity index (χ4n) is 4.33. The van der Waals surface area contributed by atoms with Crippen molar-refractivity contribution in [2.24, 2.45) is 11.3 Å². The Hall–Kier alpha value is -1.10. The van der Waals surface area contributed by atoms with Crippen molar-refractivity contribution in [3.63, 3.8) is 0 Å². The molecule has 3 unspecified atom stereocenters. The van der Waals surface area contributed by atoms with Gasteiger partial charge in [-0.3, -0.25) is 9.59 Å². The Kier molecular flexibility index (Phi) is 6.89. The Morgan fingerprint density at radius 1 is 1.12 bits per heavy atom. The van der Waals surface area contributed by atoms with Crippen molar-refractivity contribution in [1.29, 1.82) is 0 Å². The Morgan fingerprint density at radius 3 is 2.28 bits per heavy atom. The molecule has 25 heavy (non-hydrogen) atoms. The van der Waals surface area contributed by atoms with E-state index >= 15 is 0 Å². The molecule has 2 saturated heterocycles. The molecule has 2 bridgehead atoms. The van der Waals surface area contributed by atoms with Gasteiger partial charge in [-0.15, -0.1) is 0 Å². The van der Waals surface area contributed by atoms with Gasteiger partial charge in [0.05, 0.1) is 0 Å². The van der Waals surface area contributed by atoms with Crippen LogP contribution in [0.15, 0.2) is 0 Å². The molecule has 5 nitrogen and oxygen atoms in total. The van der Waals surface area contributed by atoms with Crippen LogP contribution in [0.1, 0.15) is 72.6 Å². The minimum absolute atomic E-state index is 0.00546. The molecule has 2 aliphatic rings. The highest BCUT2D eigenvalue weighted by Gasteiger charge is 2.38. The zero-order valence-electron chi connectivity index (χ0n) is 16.7. The number of nitrogens with zero attached hydrogens (tertiary/aromatic N) is 1. The molecule has 0 spiro atoms. The van der Waals surface area contributed by atoms with Gasteiger partial charge in [0.1, 0.15) is 0 Å². The smallest absolute Gasteiger partial charge is 0.220 e. The lowest BCUT2D eigenvalue weighted by Gasteiger charge is -2.36. The molecule has 2 fully saturated rings. The molecule has 2 aliphatic heterocycles. The summed E-state index contributed by atoms with van der Waals surface area (Å²) in [5.41, 5.74) is 0.00546. The molecule has 0 aromatic heterocycles. The molecule has 0 aliphatic carbocycles. The molecule has 2 N–H and O–H groups in total. The van der Waals surface area contributed by atoms with Crippen molar-refractivity contribution in [2.45, 2.75) is 90.8 Å². The van der Waals surface area contributed by atoms with E-state index in [-0.39, 0.29) is 23.3 Å². The molecule has 3 atom stereocenters. The van der Waals surface area contributed by atoms with Crippen molar-refractivity contribution in [3.8, 4) is 0 Å². The summed E-state index contributed by atoms with van der Waals surface area (Å²) in [6.45, 7) is 8.82. The van der Waals surface area contributed by atoms with Crippen LogP contribution in [-0.2, 0) is 9.59 Å². The molecule has 0 aromatic carbocycles. The summed E-state index contributed by atoms with van der Waals surface area (Å²) in [5, 5.41) is 6.06. The average molecular weight is 352 g/mol. The first-order valence-corrected chi connectivity index (χ1v) is 9.92. The topological polar surface area (TPSA) is 61.4 Å². The molecular formula is C20H37N3O2. The van der Waals surface area contributed by atoms with Crippen LogP contribution in [0.25, 0.3) is 0 Å². The molecule has 2 amide bonds. The van der Waals surface area contributed by atoms with Crippen LogP contribution in [0.3, 0.4) is 0 Å². The van der Waals surface area contributed by atoms with E-state index in [1.165, 1.54) is 25.7 Å². The first-order chi connectivity index (χ1) is 11.6. The monoisotopic (exact) mass is 351 g/mol. The van der Waals surface area contributed by atoms with Crippen molar-refractivity contribution in [2.75, 3.05) is 13.6 Å². The highest BCUT2D eigenvalue weighted by molar-refractivity contribution is 5.77. The van der Waals surface area contributed by atoms with Crippen molar-refractivity contribution >= 4 is 11.8 Å². The Labute approximate surface area is 153 Å². The van der Waals surface area contributed by atoms with Gasteiger partial charge in [0.15, 0.2) is 0 Å². The summed E-state index contributed by atoms with van der Waals surface area (Å²) in [7, 11) is 2.23. The van der Waals surface area contributed by atoms with Gasteiger partial charge in [-0.25, -0.2) is 0 Å². The second-order valence-corrected chi connectivity index (χ2v) is 9.44. The van der Waals surface area contributed by atoms with Crippen molar-refractivity contribution in [3.05, 3.63) is 0 Å². The third kappa shape index (κ3) is 6.61. The summed E-state index contributed by atoms with van der Waals surface area (Å²) < 4.78 is 0. The maximum atomic E-state index is 12.2. The molecule has 2 rings (SSSR count). The SMILES string of the molecule is CC(CCNC(=O)CC1CC2CCC(C1)N2C)NC(=O)CC(C)(C)C. The van der Waals surface area contributed by atoms with Gasteiger partial charge in [-0.05, 0) is 57.4 Å². The van der Waals surface area contributed by atoms with E-state index in [0.29, 0.717) is 37.4 Å². The maximum Gasteiger partial charge on any atom is 0.220 e. The van der Waals surface area contributed by atoms with Crippen LogP contribution >= 0.6 is 0 Å². The van der Waals surface area contributed by atoms with E-state index in [9.17, 15) is 9.59 Å². The fourth-order valence-corrected chi connectivity index (χ4v) is 4.33. The van der Waals surface area contributed by atoms with E-state index in [2.05, 4.69) is 43.4 Å². The third-order valence-electron chi connectivity index (χ3n) is 5.67. The molecule has 0 aromatic rings. The molecule has 0 radical (unpaired) electrons. The van der Waals surface area contributed by atoms with E-state index in [1.807, 2.05) is 6.92 Å². The molecule has 2 heterocycles. The quantitative estimate of drug-likeness (QED) is 0.741. The van der Waals surface area contributed by atoms with E-state index in [0.717, 1.165) is 6.42 Å². The Bertz CT molecular complexity index is 458. The second kappa shape index (κ2) is 8.52. The summed E-state index contributed by atoms with van der Waals surface area (Å²) in [6.07, 6.45) is 6.89. The van der Waals surface area contributed by atoms with Gasteiger partial charge in [-0.2, -0.15) is 0 Å². The Morgan fingerprint density at radius 2 is 1.72 bits per heavy atom. The van der Waals surface area contributed by atoms with Crippen molar-refractivity contribution in [1.82, 2.24) is 15.5 Å². The Balaban J connectivity index is 1.60. The van der Waals surface area contributed by atoms with Crippen LogP contribution in [-0.4, -0.2) is 48.4 Å². The van der Waals surface area contributed by atoms with Crippen molar-refractivity contribution < 1.29 is 9.59 Å². The van der Waals surface area contributed by atoms with Gasteiger partial charge >= 0.3 is 0 Å². The van der Waals surface area contributed by atoms with Crippen LogP contribution < -0.4 is 10.6 Å². The standard InChI is InChI=1S/C20H37N3O2/c1-14(22-19(25)13-20(2,3)4)8-9-21-18(24)12-15-10-16-6-7-17(11-15)23(16)5/h14-17H,6-13H2,1-5H3,(H,21,24)(H,22,25). The third-order valence-corrected chi connectivity index (χ3v) is 5.67. The molecule has 5 heteroatoms. The number of amides is 2. The fraction of sp³-hybridized carbons (Fsp3) is 0.900. The lowest BCUT2D eigenvalue weighted by atomic mass is 9.88. The predicted octanol–water partition coefficient (Wildman–Crippen LogP) is 2.70. The van der Waals surface area contributed by atoms with Gasteiger partial charge in [0.25, 0.3) is 0 Å². The minimum atomic E-state index is 0.00546. The lowest BCUT2D eigenvalue weighted by molar-refractivity contribution is -0.123. The van der Waals surface area contributed by atoms with Crippen LogP contribution in [0.4, 0.5) is 0 Å². The molecule has 144 valence electrons. The van der Waals surface area contributed by atoms with Gasteiger partial charge in [-0.1, -0.05) is 20.8 Å². The number of fused-ring (bicyclic) bond motifs is 2. The van der Waals surface area contributed by atoms with Gasteiger partial charge < -0.3 is 15.5 Å². The number of rotatable bonds is 7. The second-order valence-electron chi connectivity index (χ2n) is 9.44. The minimum Gasteiger partial charge on any atom is -0.356 e. The molecular weight excluding hydrogens is 314 g/mol. The van der Waals surface area contributed by atoms with E-state index in [4.69, 9.17) is 0 Å². The number of piperidine rings is 1. The van der Waals surface area contributed by atoms with Gasteiger partial charge in [0, 0.05) is 37.5 Å². The van der Waals surface area contributed by atoms with E-state index < -0.39 is 0 Å². The molecule has 0 saturated carbocycles. The number of nitrogens with one attached hydrogen (secondary N) is 2.